The van der Waals surface area contributed by atoms with Crippen molar-refractivity contribution in [2.24, 2.45) is 0 Å². The SMILES string of the molecule is CC(=O)O[C@H]([C@H](OC(C)=O)[C@H](C=O)OC(C)=O)[C@@H](COOc1ccc(C=O)cc1)OC(C)=O. The molecule has 33 heavy (non-hydrogen) atoms. The Morgan fingerprint density at radius 3 is 1.73 bits per heavy atom. The molecule has 0 aliphatic heterocycles. The number of carbonyl (C=O) groups is 6. The number of esters is 4. The number of ether oxygens (including phenoxy) is 4. The van der Waals surface area contributed by atoms with E-state index in [1.807, 2.05) is 0 Å². The summed E-state index contributed by atoms with van der Waals surface area (Å²) >= 11 is 0. The van der Waals surface area contributed by atoms with Gasteiger partial charge in [0.1, 0.15) is 12.9 Å². The van der Waals surface area contributed by atoms with Crippen LogP contribution in [0.25, 0.3) is 0 Å². The minimum absolute atomic E-state index is 0.169. The number of benzene rings is 1. The highest BCUT2D eigenvalue weighted by Gasteiger charge is 2.43. The van der Waals surface area contributed by atoms with E-state index in [4.69, 9.17) is 28.7 Å². The van der Waals surface area contributed by atoms with E-state index in [1.54, 1.807) is 0 Å². The normalized spacial score (nSPS) is 13.9. The molecule has 0 amide bonds. The molecule has 1 aromatic carbocycles. The lowest BCUT2D eigenvalue weighted by Crippen LogP contribution is -2.53. The number of carbonyl (C=O) groups excluding carboxylic acids is 6. The Balaban J connectivity index is 3.18. The van der Waals surface area contributed by atoms with Gasteiger partial charge in [0.2, 0.25) is 0 Å². The zero-order valence-corrected chi connectivity index (χ0v) is 18.4. The lowest BCUT2D eigenvalue weighted by atomic mass is 10.0. The van der Waals surface area contributed by atoms with Crippen molar-refractivity contribution in [2.45, 2.75) is 52.1 Å². The molecule has 1 aromatic rings. The van der Waals surface area contributed by atoms with E-state index in [1.165, 1.54) is 24.3 Å². The van der Waals surface area contributed by atoms with Crippen molar-refractivity contribution in [1.82, 2.24) is 0 Å². The second-order valence-corrected chi connectivity index (χ2v) is 6.56. The van der Waals surface area contributed by atoms with Gasteiger partial charge in [0.15, 0.2) is 36.5 Å². The molecule has 0 aromatic heterocycles. The van der Waals surface area contributed by atoms with Crippen LogP contribution in [0.1, 0.15) is 38.1 Å². The molecule has 0 unspecified atom stereocenters. The number of rotatable bonds is 13. The summed E-state index contributed by atoms with van der Waals surface area (Å²) in [5, 5.41) is 0. The molecule has 12 heteroatoms. The average molecular weight is 468 g/mol. The highest BCUT2D eigenvalue weighted by atomic mass is 17.2. The lowest BCUT2D eigenvalue weighted by molar-refractivity contribution is -0.247. The van der Waals surface area contributed by atoms with E-state index in [-0.39, 0.29) is 12.0 Å². The van der Waals surface area contributed by atoms with Gasteiger partial charge >= 0.3 is 23.9 Å². The summed E-state index contributed by atoms with van der Waals surface area (Å²) < 4.78 is 20.2. The van der Waals surface area contributed by atoms with E-state index in [0.717, 1.165) is 27.7 Å². The lowest BCUT2D eigenvalue weighted by Gasteiger charge is -2.33. The minimum atomic E-state index is -1.69. The number of aldehydes is 2. The third-order valence-corrected chi connectivity index (χ3v) is 3.78. The summed E-state index contributed by atoms with van der Waals surface area (Å²) in [6.07, 6.45) is -5.64. The van der Waals surface area contributed by atoms with E-state index >= 15 is 0 Å². The summed E-state index contributed by atoms with van der Waals surface area (Å²) in [6, 6.07) is 5.78. The fourth-order valence-electron chi connectivity index (χ4n) is 2.60. The molecular weight excluding hydrogens is 444 g/mol. The predicted molar refractivity (Wildman–Crippen MR) is 107 cm³/mol. The number of hydrogen-bond donors (Lipinski definition) is 0. The second kappa shape index (κ2) is 13.6. The second-order valence-electron chi connectivity index (χ2n) is 6.56. The monoisotopic (exact) mass is 468 g/mol. The molecule has 0 bridgehead atoms. The topological polar surface area (TPSA) is 158 Å². The zero-order chi connectivity index (χ0) is 25.0. The maximum absolute atomic E-state index is 11.7. The number of hydrogen-bond acceptors (Lipinski definition) is 12. The summed E-state index contributed by atoms with van der Waals surface area (Å²) in [6.45, 7) is 3.54. The third-order valence-electron chi connectivity index (χ3n) is 3.78. The molecule has 0 aliphatic rings. The maximum atomic E-state index is 11.7. The van der Waals surface area contributed by atoms with Gasteiger partial charge < -0.3 is 23.8 Å². The van der Waals surface area contributed by atoms with Crippen molar-refractivity contribution in [2.75, 3.05) is 6.61 Å². The fraction of sp³-hybridized carbons (Fsp3) is 0.429. The Bertz CT molecular complexity index is 847. The predicted octanol–water partition coefficient (Wildman–Crippen LogP) is 0.735. The van der Waals surface area contributed by atoms with Gasteiger partial charge in [0, 0.05) is 33.3 Å². The molecule has 180 valence electrons. The Morgan fingerprint density at radius 2 is 1.27 bits per heavy atom. The summed E-state index contributed by atoms with van der Waals surface area (Å²) in [4.78, 5) is 78.8. The van der Waals surface area contributed by atoms with Gasteiger partial charge in [0.05, 0.1) is 0 Å². The summed E-state index contributed by atoms with van der Waals surface area (Å²) in [5.74, 6) is -3.30. The molecule has 1 rings (SSSR count). The van der Waals surface area contributed by atoms with Gasteiger partial charge in [-0.05, 0) is 24.3 Å². The Morgan fingerprint density at radius 1 is 0.758 bits per heavy atom. The van der Waals surface area contributed by atoms with Crippen LogP contribution in [0, 0.1) is 0 Å². The van der Waals surface area contributed by atoms with Gasteiger partial charge in [-0.3, -0.25) is 28.8 Å². The maximum Gasteiger partial charge on any atom is 0.303 e. The van der Waals surface area contributed by atoms with Crippen LogP contribution in [0.5, 0.6) is 5.75 Å². The van der Waals surface area contributed by atoms with E-state index in [2.05, 4.69) is 0 Å². The first-order valence-electron chi connectivity index (χ1n) is 9.56. The van der Waals surface area contributed by atoms with Crippen LogP contribution >= 0.6 is 0 Å². The molecule has 0 saturated heterocycles. The molecule has 0 aliphatic carbocycles. The first-order chi connectivity index (χ1) is 15.6. The highest BCUT2D eigenvalue weighted by Crippen LogP contribution is 2.20. The molecule has 12 nitrogen and oxygen atoms in total. The van der Waals surface area contributed by atoms with Gasteiger partial charge in [-0.15, -0.1) is 0 Å². The largest absolute Gasteiger partial charge is 0.456 e. The van der Waals surface area contributed by atoms with E-state index in [9.17, 15) is 28.8 Å². The third kappa shape index (κ3) is 9.91. The molecule has 0 saturated carbocycles. The fourth-order valence-corrected chi connectivity index (χ4v) is 2.60. The van der Waals surface area contributed by atoms with Crippen LogP contribution in [0.2, 0.25) is 0 Å². The van der Waals surface area contributed by atoms with Gasteiger partial charge in [-0.25, -0.2) is 0 Å². The first kappa shape index (κ1) is 27.2. The molecule has 0 spiro atoms. The van der Waals surface area contributed by atoms with Crippen molar-refractivity contribution in [1.29, 1.82) is 0 Å². The Hall–Kier alpha value is -3.80. The van der Waals surface area contributed by atoms with Crippen LogP contribution in [0.4, 0.5) is 0 Å². The van der Waals surface area contributed by atoms with Crippen LogP contribution in [-0.2, 0) is 47.8 Å². The van der Waals surface area contributed by atoms with Gasteiger partial charge in [0.25, 0.3) is 0 Å². The standard InChI is InChI=1S/C21H24O12/c1-12(24)29-18(10-23)20(31-14(3)26)21(32-15(4)27)19(30-13(2)25)11-28-33-17-7-5-16(9-22)6-8-17/h5-10,18-21H,11H2,1-4H3/t18-,19+,20+,21-/m0/s1. The molecule has 0 radical (unpaired) electrons. The Labute approximate surface area is 188 Å². The summed E-state index contributed by atoms with van der Waals surface area (Å²) in [7, 11) is 0. The van der Waals surface area contributed by atoms with Gasteiger partial charge in [-0.1, -0.05) is 0 Å². The minimum Gasteiger partial charge on any atom is -0.456 e. The van der Waals surface area contributed by atoms with Crippen molar-refractivity contribution in [3.05, 3.63) is 29.8 Å². The van der Waals surface area contributed by atoms with Crippen LogP contribution in [0.15, 0.2) is 24.3 Å². The molecule has 0 heterocycles. The van der Waals surface area contributed by atoms with Crippen LogP contribution in [0.3, 0.4) is 0 Å². The molecule has 0 N–H and O–H groups in total. The molecule has 4 atom stereocenters. The van der Waals surface area contributed by atoms with Crippen LogP contribution < -0.4 is 4.89 Å². The molecular formula is C21H24O12. The van der Waals surface area contributed by atoms with Crippen LogP contribution in [-0.4, -0.2) is 67.5 Å². The van der Waals surface area contributed by atoms with Crippen molar-refractivity contribution >= 4 is 36.4 Å². The average Bonchev–Trinajstić information content (AvgIpc) is 2.73. The van der Waals surface area contributed by atoms with Crippen molar-refractivity contribution in [3.8, 4) is 5.75 Å². The quantitative estimate of drug-likeness (QED) is 0.132. The van der Waals surface area contributed by atoms with E-state index in [0.29, 0.717) is 11.8 Å². The summed E-state index contributed by atoms with van der Waals surface area (Å²) in [5.41, 5.74) is 0.393. The van der Waals surface area contributed by atoms with E-state index < -0.39 is 54.9 Å². The highest BCUT2D eigenvalue weighted by molar-refractivity contribution is 5.75. The molecule has 0 fully saturated rings. The van der Waals surface area contributed by atoms with Crippen molar-refractivity contribution < 1.29 is 57.5 Å². The zero-order valence-electron chi connectivity index (χ0n) is 18.4. The van der Waals surface area contributed by atoms with Crippen molar-refractivity contribution in [3.63, 3.8) is 0 Å². The first-order valence-corrected chi connectivity index (χ1v) is 9.56. The van der Waals surface area contributed by atoms with Gasteiger partial charge in [-0.2, -0.15) is 4.89 Å². The Kier molecular flexibility index (Phi) is 11.2. The smallest absolute Gasteiger partial charge is 0.303 e.